The second-order valence-electron chi connectivity index (χ2n) is 15.6. The Morgan fingerprint density at radius 3 is 2.22 bits per heavy atom. The minimum absolute atomic E-state index is 0.233. The summed E-state index contributed by atoms with van der Waals surface area (Å²) in [4.78, 5) is 0. The lowest BCUT2D eigenvalue weighted by atomic mass is 9.75. The number of nitrogens with one attached hydrogen (secondary N) is 1. The van der Waals surface area contributed by atoms with E-state index in [-0.39, 0.29) is 5.41 Å². The van der Waals surface area contributed by atoms with Gasteiger partial charge >= 0.3 is 0 Å². The van der Waals surface area contributed by atoms with E-state index in [9.17, 15) is 0 Å². The molecule has 8 rings (SSSR count). The first-order valence-electron chi connectivity index (χ1n) is 19.6. The van der Waals surface area contributed by atoms with Crippen molar-refractivity contribution in [1.29, 1.82) is 0 Å². The maximum atomic E-state index is 3.74. The lowest BCUT2D eigenvalue weighted by molar-refractivity contribution is 0.439. The lowest BCUT2D eigenvalue weighted by Gasteiger charge is -2.29. The Balaban J connectivity index is 1.04. The third-order valence-corrected chi connectivity index (χ3v) is 12.6. The van der Waals surface area contributed by atoms with Crippen molar-refractivity contribution in [3.63, 3.8) is 0 Å². The van der Waals surface area contributed by atoms with Crippen LogP contribution in [0.1, 0.15) is 118 Å². The van der Waals surface area contributed by atoms with Crippen LogP contribution >= 0.6 is 0 Å². The maximum Gasteiger partial charge on any atom is 0.0387 e. The summed E-state index contributed by atoms with van der Waals surface area (Å²) in [6, 6.07) is 27.9. The highest BCUT2D eigenvalue weighted by molar-refractivity contribution is 5.79. The van der Waals surface area contributed by atoms with E-state index < -0.39 is 0 Å². The highest BCUT2D eigenvalue weighted by Gasteiger charge is 2.26. The third-order valence-electron chi connectivity index (χ3n) is 12.6. The van der Waals surface area contributed by atoms with Gasteiger partial charge in [-0.3, -0.25) is 0 Å². The van der Waals surface area contributed by atoms with E-state index in [1.54, 1.807) is 11.1 Å². The fraction of sp³-hybridized carbons (Fsp3) is 0.320. The molecule has 1 nitrogen and oxygen atoms in total. The van der Waals surface area contributed by atoms with Gasteiger partial charge in [0.15, 0.2) is 0 Å². The molecule has 0 amide bonds. The molecule has 3 aromatic carbocycles. The van der Waals surface area contributed by atoms with E-state index in [0.717, 1.165) is 44.9 Å². The highest BCUT2D eigenvalue weighted by Crippen LogP contribution is 2.43. The number of hydrogen-bond acceptors (Lipinski definition) is 1. The Hall–Kier alpha value is -4.62. The van der Waals surface area contributed by atoms with Gasteiger partial charge in [0.2, 0.25) is 0 Å². The lowest BCUT2D eigenvalue weighted by Crippen LogP contribution is -2.19. The molecule has 1 saturated carbocycles. The summed E-state index contributed by atoms with van der Waals surface area (Å²) in [6.45, 7) is 7.04. The first kappa shape index (κ1) is 33.5. The molecule has 0 spiro atoms. The predicted octanol–water partition coefficient (Wildman–Crippen LogP) is 13.7. The summed E-state index contributed by atoms with van der Waals surface area (Å²) in [7, 11) is 0. The number of hydrogen-bond donors (Lipinski definition) is 1. The van der Waals surface area contributed by atoms with E-state index in [1.165, 1.54) is 68.8 Å². The summed E-state index contributed by atoms with van der Waals surface area (Å²) in [5.41, 5.74) is 16.9. The molecule has 3 aromatic rings. The molecule has 1 heteroatoms. The molecule has 0 aliphatic heterocycles. The van der Waals surface area contributed by atoms with Gasteiger partial charge in [-0.15, -0.1) is 0 Å². The first-order valence-corrected chi connectivity index (χ1v) is 19.6. The molecule has 51 heavy (non-hydrogen) atoms. The minimum atomic E-state index is 0.233. The van der Waals surface area contributed by atoms with Crippen molar-refractivity contribution in [2.24, 2.45) is 5.92 Å². The van der Waals surface area contributed by atoms with Crippen LogP contribution in [-0.2, 0) is 5.41 Å². The molecule has 5 aliphatic carbocycles. The van der Waals surface area contributed by atoms with Gasteiger partial charge in [0.05, 0.1) is 0 Å². The number of anilines is 1. The minimum Gasteiger partial charge on any atom is -0.356 e. The SMILES string of the molecule is CCC(C)(CC)c1ccc(C2C=C(C3C=CC(Nc4cccc(C5C=C6CCC6=CC5)c4)=CC3)C=C(c3cccc(C4=CCCC=C4)c3)C2)cc1. The Bertz CT molecular complexity index is 2030. The summed E-state index contributed by atoms with van der Waals surface area (Å²) < 4.78 is 0. The van der Waals surface area contributed by atoms with Gasteiger partial charge in [-0.1, -0.05) is 130 Å². The Labute approximate surface area is 306 Å². The fourth-order valence-corrected chi connectivity index (χ4v) is 8.62. The van der Waals surface area contributed by atoms with E-state index in [0.29, 0.717) is 17.8 Å². The number of benzene rings is 3. The Morgan fingerprint density at radius 2 is 1.49 bits per heavy atom. The molecule has 0 radical (unpaired) electrons. The topological polar surface area (TPSA) is 12.0 Å². The van der Waals surface area contributed by atoms with E-state index in [4.69, 9.17) is 0 Å². The van der Waals surface area contributed by atoms with Crippen LogP contribution in [-0.4, -0.2) is 0 Å². The Kier molecular flexibility index (Phi) is 9.56. The van der Waals surface area contributed by atoms with Crippen LogP contribution in [0, 0.1) is 5.92 Å². The van der Waals surface area contributed by atoms with Crippen molar-refractivity contribution < 1.29 is 0 Å². The zero-order chi connectivity index (χ0) is 34.8. The quantitative estimate of drug-likeness (QED) is 0.227. The van der Waals surface area contributed by atoms with Gasteiger partial charge in [0, 0.05) is 29.1 Å². The molecule has 3 atom stereocenters. The van der Waals surface area contributed by atoms with Gasteiger partial charge < -0.3 is 5.32 Å². The largest absolute Gasteiger partial charge is 0.356 e. The molecular formula is C50H53N. The Morgan fingerprint density at radius 1 is 0.686 bits per heavy atom. The molecule has 1 fully saturated rings. The van der Waals surface area contributed by atoms with Crippen molar-refractivity contribution in [3.8, 4) is 0 Å². The van der Waals surface area contributed by atoms with Crippen molar-refractivity contribution in [2.45, 2.75) is 95.8 Å². The second kappa shape index (κ2) is 14.5. The van der Waals surface area contributed by atoms with E-state index in [2.05, 4.69) is 160 Å². The van der Waals surface area contributed by atoms with E-state index in [1.807, 2.05) is 0 Å². The van der Waals surface area contributed by atoms with Gasteiger partial charge in [-0.05, 0) is 143 Å². The molecule has 0 heterocycles. The summed E-state index contributed by atoms with van der Waals surface area (Å²) >= 11 is 0. The van der Waals surface area contributed by atoms with Crippen LogP contribution in [0.4, 0.5) is 5.69 Å². The zero-order valence-corrected chi connectivity index (χ0v) is 30.8. The average molecular weight is 668 g/mol. The monoisotopic (exact) mass is 667 g/mol. The molecular weight excluding hydrogens is 615 g/mol. The molecule has 5 aliphatic rings. The third kappa shape index (κ3) is 7.14. The average Bonchev–Trinajstić information content (AvgIpc) is 3.19. The molecule has 258 valence electrons. The van der Waals surface area contributed by atoms with Crippen molar-refractivity contribution in [3.05, 3.63) is 184 Å². The molecule has 0 saturated heterocycles. The van der Waals surface area contributed by atoms with Crippen LogP contribution in [0.5, 0.6) is 0 Å². The zero-order valence-electron chi connectivity index (χ0n) is 30.8. The molecule has 0 bridgehead atoms. The molecule has 1 N–H and O–H groups in total. The van der Waals surface area contributed by atoms with Gasteiger partial charge in [-0.25, -0.2) is 0 Å². The molecule has 0 aromatic heterocycles. The van der Waals surface area contributed by atoms with Crippen LogP contribution in [0.2, 0.25) is 0 Å². The predicted molar refractivity (Wildman–Crippen MR) is 219 cm³/mol. The van der Waals surface area contributed by atoms with Gasteiger partial charge in [-0.2, -0.15) is 0 Å². The van der Waals surface area contributed by atoms with Crippen LogP contribution in [0.15, 0.2) is 156 Å². The van der Waals surface area contributed by atoms with Crippen LogP contribution < -0.4 is 5.32 Å². The van der Waals surface area contributed by atoms with Gasteiger partial charge in [0.25, 0.3) is 0 Å². The number of allylic oxidation sites excluding steroid dienone is 15. The normalized spacial score (nSPS) is 22.8. The summed E-state index contributed by atoms with van der Waals surface area (Å²) in [5, 5.41) is 3.74. The van der Waals surface area contributed by atoms with Crippen LogP contribution in [0.3, 0.4) is 0 Å². The first-order chi connectivity index (χ1) is 25.0. The summed E-state index contributed by atoms with van der Waals surface area (Å²) in [6.07, 6.45) is 34.4. The van der Waals surface area contributed by atoms with E-state index >= 15 is 0 Å². The van der Waals surface area contributed by atoms with Crippen molar-refractivity contribution >= 4 is 16.8 Å². The van der Waals surface area contributed by atoms with Crippen LogP contribution in [0.25, 0.3) is 11.1 Å². The number of fused-ring (bicyclic) bond motifs is 1. The maximum absolute atomic E-state index is 3.74. The second-order valence-corrected chi connectivity index (χ2v) is 15.6. The smallest absolute Gasteiger partial charge is 0.0387 e. The standard InChI is InChI=1S/C50H53N/c1-4-50(3,5-2)47-25-21-37(22-26-47)44-31-45(33-46(32-44)40-14-9-13-39(29-40)35-11-7-6-8-12-35)38-23-27-48(28-24-38)51-49-16-10-15-41(34-49)43-20-18-36-17-19-42(36)30-43/h7,9-16,18,21-23,25-31,33-34,38,43-44,51H,4-6,8,17,19-20,24,32H2,1-3H3. The molecule has 3 unspecified atom stereocenters. The fourth-order valence-electron chi connectivity index (χ4n) is 8.62. The number of rotatable bonds is 10. The van der Waals surface area contributed by atoms with Crippen molar-refractivity contribution in [2.75, 3.05) is 5.32 Å². The van der Waals surface area contributed by atoms with Crippen molar-refractivity contribution in [1.82, 2.24) is 0 Å². The van der Waals surface area contributed by atoms with Gasteiger partial charge in [0.1, 0.15) is 0 Å². The highest BCUT2D eigenvalue weighted by atomic mass is 14.9. The summed E-state index contributed by atoms with van der Waals surface area (Å²) in [5.74, 6) is 1.20.